The molecule has 0 aliphatic carbocycles. The second-order valence-electron chi connectivity index (χ2n) is 6.64. The topological polar surface area (TPSA) is 70.6 Å². The van der Waals surface area contributed by atoms with Gasteiger partial charge in [-0.1, -0.05) is 49.4 Å². The van der Waals surface area contributed by atoms with Crippen LogP contribution in [-0.4, -0.2) is 39.3 Å². The number of hydrogen-bond donors (Lipinski definition) is 2. The average molecular weight is 406 g/mol. The molecule has 2 aromatic carbocycles. The van der Waals surface area contributed by atoms with Crippen LogP contribution in [0.3, 0.4) is 0 Å². The van der Waals surface area contributed by atoms with E-state index in [-0.39, 0.29) is 29.2 Å². The standard InChI is InChI=1S/C21H28FN3O2S/c1-4-23-21(25-17(3)16(2)18-10-6-5-7-11-18)24-14-15-28(26,27)20-13-9-8-12-19(20)22/h5-13,16-17H,4,14-15H2,1-3H3,(H2,23,24,25). The molecule has 5 nitrogen and oxygen atoms in total. The highest BCUT2D eigenvalue weighted by Gasteiger charge is 2.19. The van der Waals surface area contributed by atoms with Crippen LogP contribution in [0, 0.1) is 5.82 Å². The Kier molecular flexibility index (Phi) is 7.99. The molecule has 0 saturated heterocycles. The van der Waals surface area contributed by atoms with E-state index in [1.54, 1.807) is 0 Å². The maximum atomic E-state index is 13.8. The summed E-state index contributed by atoms with van der Waals surface area (Å²) in [7, 11) is -3.73. The maximum Gasteiger partial charge on any atom is 0.191 e. The number of hydrogen-bond acceptors (Lipinski definition) is 3. The molecular weight excluding hydrogens is 377 g/mol. The third-order valence-corrected chi connectivity index (χ3v) is 6.31. The van der Waals surface area contributed by atoms with E-state index in [2.05, 4.69) is 41.6 Å². The van der Waals surface area contributed by atoms with E-state index in [0.29, 0.717) is 12.5 Å². The Balaban J connectivity index is 2.03. The Labute approximate surface area is 167 Å². The number of aliphatic imine (C=N–C) groups is 1. The number of sulfone groups is 1. The van der Waals surface area contributed by atoms with Crippen molar-refractivity contribution in [1.82, 2.24) is 10.6 Å². The molecular formula is C21H28FN3O2S. The predicted molar refractivity (Wildman–Crippen MR) is 112 cm³/mol. The number of nitrogens with one attached hydrogen (secondary N) is 2. The zero-order chi connectivity index (χ0) is 20.6. The van der Waals surface area contributed by atoms with Gasteiger partial charge in [0.25, 0.3) is 0 Å². The molecule has 7 heteroatoms. The molecule has 152 valence electrons. The smallest absolute Gasteiger partial charge is 0.191 e. The number of rotatable bonds is 8. The Morgan fingerprint density at radius 3 is 2.36 bits per heavy atom. The molecule has 0 aliphatic heterocycles. The SMILES string of the molecule is CCNC(=NCCS(=O)(=O)c1ccccc1F)NC(C)C(C)c1ccccc1. The summed E-state index contributed by atoms with van der Waals surface area (Å²) in [5.74, 6) is -0.205. The normalized spacial score (nSPS) is 14.4. The third kappa shape index (κ3) is 6.05. The molecule has 0 fully saturated rings. The minimum absolute atomic E-state index is 0.0401. The van der Waals surface area contributed by atoms with Crippen molar-refractivity contribution in [3.05, 3.63) is 66.0 Å². The molecule has 2 N–H and O–H groups in total. The first-order valence-electron chi connectivity index (χ1n) is 9.42. The molecule has 2 unspecified atom stereocenters. The maximum absolute atomic E-state index is 13.8. The van der Waals surface area contributed by atoms with Crippen molar-refractivity contribution in [2.75, 3.05) is 18.8 Å². The summed E-state index contributed by atoms with van der Waals surface area (Å²) in [6, 6.07) is 15.6. The summed E-state index contributed by atoms with van der Waals surface area (Å²) in [4.78, 5) is 4.08. The number of guanidine groups is 1. The van der Waals surface area contributed by atoms with Crippen molar-refractivity contribution in [3.63, 3.8) is 0 Å². The van der Waals surface area contributed by atoms with Crippen LogP contribution >= 0.6 is 0 Å². The van der Waals surface area contributed by atoms with Crippen molar-refractivity contribution in [1.29, 1.82) is 0 Å². The van der Waals surface area contributed by atoms with Gasteiger partial charge in [0.15, 0.2) is 15.8 Å². The Hall–Kier alpha value is -2.41. The van der Waals surface area contributed by atoms with Crippen LogP contribution in [0.1, 0.15) is 32.3 Å². The van der Waals surface area contributed by atoms with E-state index >= 15 is 0 Å². The van der Waals surface area contributed by atoms with E-state index in [0.717, 1.165) is 6.07 Å². The van der Waals surface area contributed by atoms with Crippen LogP contribution in [0.4, 0.5) is 4.39 Å². The highest BCUT2D eigenvalue weighted by atomic mass is 32.2. The molecule has 28 heavy (non-hydrogen) atoms. The van der Waals surface area contributed by atoms with Crippen LogP contribution < -0.4 is 10.6 Å². The number of benzene rings is 2. The Bertz CT molecular complexity index is 886. The van der Waals surface area contributed by atoms with Crippen molar-refractivity contribution in [2.45, 2.75) is 37.6 Å². The lowest BCUT2D eigenvalue weighted by Crippen LogP contribution is -2.44. The van der Waals surface area contributed by atoms with Crippen molar-refractivity contribution >= 4 is 15.8 Å². The van der Waals surface area contributed by atoms with Gasteiger partial charge in [-0.05, 0) is 31.5 Å². The Morgan fingerprint density at radius 2 is 1.71 bits per heavy atom. The lowest BCUT2D eigenvalue weighted by atomic mass is 9.94. The minimum atomic E-state index is -3.73. The van der Waals surface area contributed by atoms with Gasteiger partial charge in [-0.3, -0.25) is 4.99 Å². The van der Waals surface area contributed by atoms with Gasteiger partial charge in [0, 0.05) is 18.5 Å². The molecule has 0 heterocycles. The van der Waals surface area contributed by atoms with E-state index in [1.807, 2.05) is 25.1 Å². The van der Waals surface area contributed by atoms with Crippen LogP contribution in [0.2, 0.25) is 0 Å². The van der Waals surface area contributed by atoms with Gasteiger partial charge in [-0.25, -0.2) is 12.8 Å². The minimum Gasteiger partial charge on any atom is -0.357 e. The third-order valence-electron chi connectivity index (χ3n) is 4.59. The van der Waals surface area contributed by atoms with Gasteiger partial charge in [-0.15, -0.1) is 0 Å². The van der Waals surface area contributed by atoms with E-state index in [9.17, 15) is 12.8 Å². The highest BCUT2D eigenvalue weighted by Crippen LogP contribution is 2.18. The fourth-order valence-electron chi connectivity index (χ4n) is 2.79. The molecule has 0 saturated carbocycles. The number of halogens is 1. The summed E-state index contributed by atoms with van der Waals surface area (Å²) in [5.41, 5.74) is 1.21. The highest BCUT2D eigenvalue weighted by molar-refractivity contribution is 7.91. The van der Waals surface area contributed by atoms with Gasteiger partial charge in [0.2, 0.25) is 0 Å². The first-order chi connectivity index (χ1) is 13.3. The van der Waals surface area contributed by atoms with Crippen LogP contribution in [0.5, 0.6) is 0 Å². The summed E-state index contributed by atoms with van der Waals surface area (Å²) in [5, 5.41) is 6.45. The fraction of sp³-hybridized carbons (Fsp3) is 0.381. The summed E-state index contributed by atoms with van der Waals surface area (Å²) in [6.07, 6.45) is 0. The van der Waals surface area contributed by atoms with Gasteiger partial charge < -0.3 is 10.6 Å². The molecule has 0 aliphatic rings. The van der Waals surface area contributed by atoms with E-state index in [4.69, 9.17) is 0 Å². The largest absolute Gasteiger partial charge is 0.357 e. The lowest BCUT2D eigenvalue weighted by molar-refractivity contribution is 0.550. The van der Waals surface area contributed by atoms with Gasteiger partial charge >= 0.3 is 0 Å². The summed E-state index contributed by atoms with van der Waals surface area (Å²) in [6.45, 7) is 6.81. The summed E-state index contributed by atoms with van der Waals surface area (Å²) >= 11 is 0. The average Bonchev–Trinajstić information content (AvgIpc) is 2.68. The molecule has 0 bridgehead atoms. The van der Waals surface area contributed by atoms with Crippen LogP contribution in [0.15, 0.2) is 64.5 Å². The predicted octanol–water partition coefficient (Wildman–Crippen LogP) is 3.35. The fourth-order valence-corrected chi connectivity index (χ4v) is 3.99. The second-order valence-corrected chi connectivity index (χ2v) is 8.72. The first-order valence-corrected chi connectivity index (χ1v) is 11.1. The number of nitrogens with zero attached hydrogens (tertiary/aromatic N) is 1. The van der Waals surface area contributed by atoms with Crippen molar-refractivity contribution in [2.24, 2.45) is 4.99 Å². The molecule has 2 aromatic rings. The summed E-state index contributed by atoms with van der Waals surface area (Å²) < 4.78 is 38.5. The molecule has 0 aromatic heterocycles. The molecule has 0 spiro atoms. The van der Waals surface area contributed by atoms with E-state index < -0.39 is 15.7 Å². The van der Waals surface area contributed by atoms with Gasteiger partial charge in [-0.2, -0.15) is 0 Å². The quantitative estimate of drug-likeness (QED) is 0.522. The van der Waals surface area contributed by atoms with Crippen molar-refractivity contribution in [3.8, 4) is 0 Å². The zero-order valence-electron chi connectivity index (χ0n) is 16.5. The van der Waals surface area contributed by atoms with Crippen LogP contribution in [-0.2, 0) is 9.84 Å². The monoisotopic (exact) mass is 405 g/mol. The molecule has 2 rings (SSSR count). The van der Waals surface area contributed by atoms with Gasteiger partial charge in [0.1, 0.15) is 10.7 Å². The second kappa shape index (κ2) is 10.2. The van der Waals surface area contributed by atoms with Crippen molar-refractivity contribution < 1.29 is 12.8 Å². The molecule has 2 atom stereocenters. The lowest BCUT2D eigenvalue weighted by Gasteiger charge is -2.24. The van der Waals surface area contributed by atoms with E-state index in [1.165, 1.54) is 23.8 Å². The zero-order valence-corrected chi connectivity index (χ0v) is 17.3. The Morgan fingerprint density at radius 1 is 1.07 bits per heavy atom. The van der Waals surface area contributed by atoms with Gasteiger partial charge in [0.05, 0.1) is 12.3 Å². The first kappa shape index (κ1) is 21.9. The van der Waals surface area contributed by atoms with Crippen LogP contribution in [0.25, 0.3) is 0 Å². The molecule has 0 radical (unpaired) electrons. The molecule has 0 amide bonds.